The van der Waals surface area contributed by atoms with Crippen molar-refractivity contribution in [1.29, 1.82) is 0 Å². The van der Waals surface area contributed by atoms with Crippen LogP contribution in [0, 0.1) is 6.92 Å². The van der Waals surface area contributed by atoms with E-state index in [1.54, 1.807) is 6.26 Å². The summed E-state index contributed by atoms with van der Waals surface area (Å²) in [5, 5.41) is 10.9. The van der Waals surface area contributed by atoms with Crippen LogP contribution in [0.4, 0.5) is 0 Å². The maximum absolute atomic E-state index is 9.78. The van der Waals surface area contributed by atoms with Crippen molar-refractivity contribution in [1.82, 2.24) is 0 Å². The summed E-state index contributed by atoms with van der Waals surface area (Å²) in [5.74, 6) is 0. The van der Waals surface area contributed by atoms with Crippen molar-refractivity contribution >= 4 is 11.0 Å². The molecule has 0 unspecified atom stereocenters. The van der Waals surface area contributed by atoms with Gasteiger partial charge >= 0.3 is 0 Å². The van der Waals surface area contributed by atoms with Crippen molar-refractivity contribution in [3.8, 4) is 0 Å². The molecule has 2 nitrogen and oxygen atoms in total. The average Bonchev–Trinajstić information content (AvgIpc) is 2.48. The van der Waals surface area contributed by atoms with Gasteiger partial charge in [-0.2, -0.15) is 0 Å². The molecule has 0 spiro atoms. The van der Waals surface area contributed by atoms with E-state index in [0.29, 0.717) is 6.42 Å². The van der Waals surface area contributed by atoms with Gasteiger partial charge in [-0.25, -0.2) is 0 Å². The van der Waals surface area contributed by atoms with Crippen LogP contribution in [0.25, 0.3) is 11.0 Å². The van der Waals surface area contributed by atoms with Crippen LogP contribution in [0.2, 0.25) is 0 Å². The van der Waals surface area contributed by atoms with Gasteiger partial charge in [-0.3, -0.25) is 0 Å². The van der Waals surface area contributed by atoms with Gasteiger partial charge in [-0.05, 0) is 26.3 Å². The minimum atomic E-state index is -0.694. The van der Waals surface area contributed by atoms with Gasteiger partial charge in [0.05, 0.1) is 11.9 Å². The summed E-state index contributed by atoms with van der Waals surface area (Å²) in [6.07, 6.45) is 2.36. The molecule has 0 amide bonds. The first-order valence-electron chi connectivity index (χ1n) is 5.15. The molecule has 0 fully saturated rings. The molecular formula is C13H16O2. The number of para-hydroxylation sites is 1. The Morgan fingerprint density at radius 2 is 2.07 bits per heavy atom. The van der Waals surface area contributed by atoms with E-state index in [0.717, 1.165) is 22.1 Å². The number of furan rings is 1. The molecule has 1 heterocycles. The first-order chi connectivity index (χ1) is 6.97. The van der Waals surface area contributed by atoms with E-state index in [4.69, 9.17) is 4.42 Å². The van der Waals surface area contributed by atoms with Crippen molar-refractivity contribution in [2.45, 2.75) is 32.8 Å². The second-order valence-electron chi connectivity index (χ2n) is 4.70. The molecule has 1 aromatic heterocycles. The number of hydrogen-bond acceptors (Lipinski definition) is 2. The summed E-state index contributed by atoms with van der Waals surface area (Å²) in [5.41, 5.74) is 2.44. The minimum absolute atomic E-state index is 0.615. The van der Waals surface area contributed by atoms with Crippen molar-refractivity contribution < 1.29 is 9.52 Å². The van der Waals surface area contributed by atoms with E-state index >= 15 is 0 Å². The maximum atomic E-state index is 9.78. The van der Waals surface area contributed by atoms with Gasteiger partial charge in [0.15, 0.2) is 0 Å². The van der Waals surface area contributed by atoms with Crippen molar-refractivity contribution in [3.63, 3.8) is 0 Å². The van der Waals surface area contributed by atoms with Crippen molar-refractivity contribution in [2.24, 2.45) is 0 Å². The second-order valence-corrected chi connectivity index (χ2v) is 4.70. The van der Waals surface area contributed by atoms with E-state index in [2.05, 4.69) is 0 Å². The molecule has 0 saturated heterocycles. The van der Waals surface area contributed by atoms with Crippen LogP contribution < -0.4 is 0 Å². The summed E-state index contributed by atoms with van der Waals surface area (Å²) in [4.78, 5) is 0. The highest BCUT2D eigenvalue weighted by Crippen LogP contribution is 2.26. The predicted octanol–water partition coefficient (Wildman–Crippen LogP) is 3.05. The molecule has 2 rings (SSSR count). The number of hydrogen-bond donors (Lipinski definition) is 1. The summed E-state index contributed by atoms with van der Waals surface area (Å²) in [6.45, 7) is 5.64. The topological polar surface area (TPSA) is 33.4 Å². The normalized spacial score (nSPS) is 12.3. The summed E-state index contributed by atoms with van der Waals surface area (Å²) < 4.78 is 5.51. The quantitative estimate of drug-likeness (QED) is 0.815. The molecule has 2 heteroatoms. The molecule has 0 atom stereocenters. The van der Waals surface area contributed by atoms with Gasteiger partial charge < -0.3 is 9.52 Å². The largest absolute Gasteiger partial charge is 0.464 e. The third-order valence-corrected chi connectivity index (χ3v) is 2.50. The van der Waals surface area contributed by atoms with Crippen LogP contribution in [-0.4, -0.2) is 10.7 Å². The molecule has 15 heavy (non-hydrogen) atoms. The van der Waals surface area contributed by atoms with Crippen LogP contribution in [0.3, 0.4) is 0 Å². The molecule has 1 aromatic carbocycles. The molecule has 0 aliphatic heterocycles. The fraction of sp³-hybridized carbons (Fsp3) is 0.385. The molecule has 0 aliphatic carbocycles. The Labute approximate surface area is 89.5 Å². The SMILES string of the molecule is Cc1cccc2c(CC(C)(C)O)coc12. The summed E-state index contributed by atoms with van der Waals surface area (Å²) >= 11 is 0. The van der Waals surface area contributed by atoms with E-state index in [-0.39, 0.29) is 0 Å². The Morgan fingerprint density at radius 1 is 1.33 bits per heavy atom. The molecule has 2 aromatic rings. The second kappa shape index (κ2) is 3.38. The van der Waals surface area contributed by atoms with E-state index < -0.39 is 5.60 Å². The number of aliphatic hydroxyl groups is 1. The van der Waals surface area contributed by atoms with Crippen LogP contribution in [0.15, 0.2) is 28.9 Å². The Bertz CT molecular complexity index is 475. The zero-order valence-electron chi connectivity index (χ0n) is 9.37. The Hall–Kier alpha value is -1.28. The monoisotopic (exact) mass is 204 g/mol. The number of rotatable bonds is 2. The molecule has 0 saturated carbocycles. The lowest BCUT2D eigenvalue weighted by atomic mass is 9.98. The van der Waals surface area contributed by atoms with Gasteiger partial charge in [0.25, 0.3) is 0 Å². The molecule has 1 N–H and O–H groups in total. The first-order valence-corrected chi connectivity index (χ1v) is 5.15. The van der Waals surface area contributed by atoms with Crippen molar-refractivity contribution in [2.75, 3.05) is 0 Å². The molecule has 0 radical (unpaired) electrons. The fourth-order valence-corrected chi connectivity index (χ4v) is 1.86. The number of aryl methyl sites for hydroxylation is 1. The Balaban J connectivity index is 2.50. The lowest BCUT2D eigenvalue weighted by Gasteiger charge is -2.15. The predicted molar refractivity (Wildman–Crippen MR) is 61.0 cm³/mol. The number of benzene rings is 1. The molecule has 0 bridgehead atoms. The Kier molecular flexibility index (Phi) is 2.31. The lowest BCUT2D eigenvalue weighted by molar-refractivity contribution is 0.0811. The van der Waals surface area contributed by atoms with Gasteiger partial charge in [0.2, 0.25) is 0 Å². The third kappa shape index (κ3) is 2.05. The van der Waals surface area contributed by atoms with Crippen LogP contribution in [0.5, 0.6) is 0 Å². The minimum Gasteiger partial charge on any atom is -0.464 e. The zero-order valence-corrected chi connectivity index (χ0v) is 9.37. The molecule has 80 valence electrons. The van der Waals surface area contributed by atoms with Gasteiger partial charge in [-0.1, -0.05) is 18.2 Å². The molecular weight excluding hydrogens is 188 g/mol. The van der Waals surface area contributed by atoms with E-state index in [9.17, 15) is 5.11 Å². The van der Waals surface area contributed by atoms with Gasteiger partial charge in [0, 0.05) is 17.4 Å². The van der Waals surface area contributed by atoms with Gasteiger partial charge in [-0.15, -0.1) is 0 Å². The fourth-order valence-electron chi connectivity index (χ4n) is 1.86. The highest BCUT2D eigenvalue weighted by atomic mass is 16.3. The van der Waals surface area contributed by atoms with Crippen LogP contribution >= 0.6 is 0 Å². The first kappa shape index (κ1) is 10.2. The smallest absolute Gasteiger partial charge is 0.137 e. The highest BCUT2D eigenvalue weighted by molar-refractivity contribution is 5.83. The summed E-state index contributed by atoms with van der Waals surface area (Å²) in [6, 6.07) is 6.08. The Morgan fingerprint density at radius 3 is 2.73 bits per heavy atom. The third-order valence-electron chi connectivity index (χ3n) is 2.50. The number of fused-ring (bicyclic) bond motifs is 1. The van der Waals surface area contributed by atoms with Crippen molar-refractivity contribution in [3.05, 3.63) is 35.6 Å². The lowest BCUT2D eigenvalue weighted by Crippen LogP contribution is -2.21. The molecule has 0 aliphatic rings. The van der Waals surface area contributed by atoms with E-state index in [1.807, 2.05) is 39.0 Å². The zero-order chi connectivity index (χ0) is 11.1. The van der Waals surface area contributed by atoms with Crippen LogP contribution in [-0.2, 0) is 6.42 Å². The average molecular weight is 204 g/mol. The maximum Gasteiger partial charge on any atom is 0.137 e. The highest BCUT2D eigenvalue weighted by Gasteiger charge is 2.17. The van der Waals surface area contributed by atoms with E-state index in [1.165, 1.54) is 0 Å². The van der Waals surface area contributed by atoms with Crippen LogP contribution in [0.1, 0.15) is 25.0 Å². The van der Waals surface area contributed by atoms with Gasteiger partial charge in [0.1, 0.15) is 5.58 Å². The standard InChI is InChI=1S/C13H16O2/c1-9-5-4-6-11-10(7-13(2,3)14)8-15-12(9)11/h4-6,8,14H,7H2,1-3H3. The summed E-state index contributed by atoms with van der Waals surface area (Å²) in [7, 11) is 0.